The first-order chi connectivity index (χ1) is 15.2. The van der Waals surface area contributed by atoms with Gasteiger partial charge >= 0.3 is 5.97 Å². The fourth-order valence-corrected chi connectivity index (χ4v) is 3.87. The number of benzene rings is 2. The zero-order chi connectivity index (χ0) is 23.3. The Balaban J connectivity index is 1.81. The van der Waals surface area contributed by atoms with Crippen LogP contribution >= 0.6 is 0 Å². The molecular formula is C20H20N4O7S. The number of nitrogens with zero attached hydrogens (tertiary/aromatic N) is 3. The van der Waals surface area contributed by atoms with Gasteiger partial charge in [-0.2, -0.15) is 4.98 Å². The summed E-state index contributed by atoms with van der Waals surface area (Å²) in [7, 11) is -4.21. The Bertz CT molecular complexity index is 1240. The third-order valence-corrected chi connectivity index (χ3v) is 5.68. The SMILES string of the molecule is CCCc1noc(C(C)OC(=O)c2ccccc2NS(=O)(=O)c2cccc([N+](=O)[O-])c2)n1. The van der Waals surface area contributed by atoms with Crippen LogP contribution in [-0.4, -0.2) is 29.5 Å². The number of nitrogens with one attached hydrogen (secondary N) is 1. The fourth-order valence-electron chi connectivity index (χ4n) is 2.75. The molecule has 32 heavy (non-hydrogen) atoms. The summed E-state index contributed by atoms with van der Waals surface area (Å²) < 4.78 is 38.2. The topological polar surface area (TPSA) is 155 Å². The van der Waals surface area contributed by atoms with Crippen molar-refractivity contribution in [3.05, 3.63) is 75.9 Å². The van der Waals surface area contributed by atoms with Gasteiger partial charge in [-0.15, -0.1) is 0 Å². The van der Waals surface area contributed by atoms with Crippen molar-refractivity contribution in [2.45, 2.75) is 37.7 Å². The molecule has 1 aromatic heterocycles. The van der Waals surface area contributed by atoms with Gasteiger partial charge in [-0.3, -0.25) is 14.8 Å². The van der Waals surface area contributed by atoms with E-state index in [2.05, 4.69) is 14.9 Å². The molecule has 0 aliphatic carbocycles. The summed E-state index contributed by atoms with van der Waals surface area (Å²) in [6.07, 6.45) is 0.583. The van der Waals surface area contributed by atoms with Crippen molar-refractivity contribution in [3.63, 3.8) is 0 Å². The van der Waals surface area contributed by atoms with Crippen molar-refractivity contribution in [3.8, 4) is 0 Å². The van der Waals surface area contributed by atoms with Gasteiger partial charge in [0.05, 0.1) is 21.1 Å². The van der Waals surface area contributed by atoms with E-state index < -0.39 is 27.0 Å². The summed E-state index contributed by atoms with van der Waals surface area (Å²) in [4.78, 5) is 26.8. The van der Waals surface area contributed by atoms with E-state index in [0.717, 1.165) is 12.5 Å². The first-order valence-electron chi connectivity index (χ1n) is 9.61. The lowest BCUT2D eigenvalue weighted by Crippen LogP contribution is -2.17. The van der Waals surface area contributed by atoms with Crippen LogP contribution in [0.15, 0.2) is 57.9 Å². The second kappa shape index (κ2) is 9.56. The van der Waals surface area contributed by atoms with E-state index in [4.69, 9.17) is 9.26 Å². The van der Waals surface area contributed by atoms with Gasteiger partial charge in [0.1, 0.15) is 0 Å². The minimum atomic E-state index is -4.21. The Morgan fingerprint density at radius 3 is 2.72 bits per heavy atom. The molecule has 0 bridgehead atoms. The normalized spacial score (nSPS) is 12.2. The van der Waals surface area contributed by atoms with Crippen LogP contribution < -0.4 is 4.72 Å². The Morgan fingerprint density at radius 2 is 2.00 bits per heavy atom. The molecule has 0 saturated heterocycles. The predicted octanol–water partition coefficient (Wildman–Crippen LogP) is 3.65. The molecule has 0 saturated carbocycles. The molecule has 3 aromatic rings. The van der Waals surface area contributed by atoms with Crippen LogP contribution in [0.2, 0.25) is 0 Å². The second-order valence-corrected chi connectivity index (χ2v) is 8.43. The molecule has 11 nitrogen and oxygen atoms in total. The van der Waals surface area contributed by atoms with E-state index in [-0.39, 0.29) is 27.7 Å². The average Bonchev–Trinajstić information content (AvgIpc) is 3.23. The number of nitro groups is 1. The molecule has 1 heterocycles. The third-order valence-electron chi connectivity index (χ3n) is 4.32. The fraction of sp³-hybridized carbons (Fsp3) is 0.250. The minimum Gasteiger partial charge on any atom is -0.449 e. The summed E-state index contributed by atoms with van der Waals surface area (Å²) in [5, 5.41) is 14.8. The largest absolute Gasteiger partial charge is 0.449 e. The molecule has 0 fully saturated rings. The van der Waals surface area contributed by atoms with Crippen LogP contribution in [0, 0.1) is 10.1 Å². The molecule has 2 aromatic carbocycles. The quantitative estimate of drug-likeness (QED) is 0.286. The van der Waals surface area contributed by atoms with Crippen molar-refractivity contribution < 1.29 is 27.4 Å². The van der Waals surface area contributed by atoms with E-state index >= 15 is 0 Å². The molecule has 0 amide bonds. The van der Waals surface area contributed by atoms with Gasteiger partial charge in [0.2, 0.25) is 0 Å². The summed E-state index contributed by atoms with van der Waals surface area (Å²) in [5.74, 6) is -0.197. The lowest BCUT2D eigenvalue weighted by atomic mass is 10.2. The van der Waals surface area contributed by atoms with Gasteiger partial charge in [0.15, 0.2) is 11.9 Å². The molecule has 0 aliphatic heterocycles. The molecule has 3 rings (SSSR count). The van der Waals surface area contributed by atoms with E-state index in [1.54, 1.807) is 13.0 Å². The van der Waals surface area contributed by atoms with Crippen molar-refractivity contribution in [2.75, 3.05) is 4.72 Å². The molecule has 0 radical (unpaired) electrons. The van der Waals surface area contributed by atoms with Gasteiger partial charge in [-0.1, -0.05) is 30.3 Å². The average molecular weight is 460 g/mol. The van der Waals surface area contributed by atoms with Crippen molar-refractivity contribution >= 4 is 27.4 Å². The highest BCUT2D eigenvalue weighted by Gasteiger charge is 2.24. The number of ether oxygens (including phenoxy) is 1. The molecule has 0 aliphatic rings. The number of esters is 1. The lowest BCUT2D eigenvalue weighted by Gasteiger charge is -2.14. The molecule has 12 heteroatoms. The standard InChI is InChI=1S/C20H20N4O7S/c1-3-7-18-21-19(31-22-18)13(2)30-20(25)16-10-4-5-11-17(16)23-32(28,29)15-9-6-8-14(12-15)24(26)27/h4-6,8-13,23H,3,7H2,1-2H3. The zero-order valence-corrected chi connectivity index (χ0v) is 18.0. The van der Waals surface area contributed by atoms with Crippen molar-refractivity contribution in [2.24, 2.45) is 0 Å². The van der Waals surface area contributed by atoms with Gasteiger partial charge in [-0.25, -0.2) is 13.2 Å². The van der Waals surface area contributed by atoms with Crippen molar-refractivity contribution in [1.82, 2.24) is 10.1 Å². The first kappa shape index (κ1) is 22.9. The van der Waals surface area contributed by atoms with Gasteiger partial charge < -0.3 is 9.26 Å². The first-order valence-corrected chi connectivity index (χ1v) is 11.1. The number of carbonyl (C=O) groups excluding carboxylic acids is 1. The monoisotopic (exact) mass is 460 g/mol. The highest BCUT2D eigenvalue weighted by Crippen LogP contribution is 2.25. The highest BCUT2D eigenvalue weighted by atomic mass is 32.2. The van der Waals surface area contributed by atoms with Crippen LogP contribution in [0.3, 0.4) is 0 Å². The smallest absolute Gasteiger partial charge is 0.341 e. The number of anilines is 1. The number of sulfonamides is 1. The highest BCUT2D eigenvalue weighted by molar-refractivity contribution is 7.92. The Labute approximate surface area is 183 Å². The number of aromatic nitrogens is 2. The number of rotatable bonds is 9. The van der Waals surface area contributed by atoms with Crippen LogP contribution in [0.1, 0.15) is 48.4 Å². The number of hydrogen-bond donors (Lipinski definition) is 1. The van der Waals surface area contributed by atoms with Gasteiger partial charge in [0.25, 0.3) is 21.6 Å². The van der Waals surface area contributed by atoms with Crippen molar-refractivity contribution in [1.29, 1.82) is 0 Å². The maximum atomic E-state index is 12.7. The molecular weight excluding hydrogens is 440 g/mol. The van der Waals surface area contributed by atoms with Crippen LogP contribution in [-0.2, 0) is 21.2 Å². The molecule has 1 unspecified atom stereocenters. The van der Waals surface area contributed by atoms with E-state index in [9.17, 15) is 23.3 Å². The number of para-hydroxylation sites is 1. The Morgan fingerprint density at radius 1 is 1.25 bits per heavy atom. The third kappa shape index (κ3) is 5.27. The lowest BCUT2D eigenvalue weighted by molar-refractivity contribution is -0.385. The number of carbonyl (C=O) groups is 1. The summed E-state index contributed by atoms with van der Waals surface area (Å²) >= 11 is 0. The molecule has 0 spiro atoms. The van der Waals surface area contributed by atoms with E-state index in [1.807, 2.05) is 6.92 Å². The number of aryl methyl sites for hydroxylation is 1. The minimum absolute atomic E-state index is 0.0478. The van der Waals surface area contributed by atoms with Crippen LogP contribution in [0.25, 0.3) is 0 Å². The molecule has 168 valence electrons. The number of nitro benzene ring substituents is 1. The van der Waals surface area contributed by atoms with Gasteiger partial charge in [-0.05, 0) is 31.5 Å². The Hall–Kier alpha value is -3.80. The second-order valence-electron chi connectivity index (χ2n) is 6.75. The molecule has 1 N–H and O–H groups in total. The predicted molar refractivity (Wildman–Crippen MR) is 112 cm³/mol. The molecule has 1 atom stereocenters. The zero-order valence-electron chi connectivity index (χ0n) is 17.2. The Kier molecular flexibility index (Phi) is 6.83. The van der Waals surface area contributed by atoms with Crippen LogP contribution in [0.4, 0.5) is 11.4 Å². The number of hydrogen-bond acceptors (Lipinski definition) is 9. The maximum Gasteiger partial charge on any atom is 0.341 e. The van der Waals surface area contributed by atoms with Gasteiger partial charge in [0, 0.05) is 18.6 Å². The number of non-ortho nitro benzene ring substituents is 1. The van der Waals surface area contributed by atoms with E-state index in [0.29, 0.717) is 12.2 Å². The van der Waals surface area contributed by atoms with E-state index in [1.165, 1.54) is 36.4 Å². The maximum absolute atomic E-state index is 12.7. The summed E-state index contributed by atoms with van der Waals surface area (Å²) in [5.41, 5.74) is -0.480. The summed E-state index contributed by atoms with van der Waals surface area (Å²) in [6.45, 7) is 3.52. The summed E-state index contributed by atoms with van der Waals surface area (Å²) in [6, 6.07) is 10.4. The van der Waals surface area contributed by atoms with Crippen LogP contribution in [0.5, 0.6) is 0 Å².